The van der Waals surface area contributed by atoms with Crippen molar-refractivity contribution >= 4 is 11.3 Å². The highest BCUT2D eigenvalue weighted by molar-refractivity contribution is 7.12. The van der Waals surface area contributed by atoms with E-state index in [-0.39, 0.29) is 0 Å². The van der Waals surface area contributed by atoms with Crippen LogP contribution in [-0.2, 0) is 6.54 Å². The lowest BCUT2D eigenvalue weighted by molar-refractivity contribution is 0.322. The Balaban J connectivity index is 1.62. The molecular weight excluding hydrogens is 218 g/mol. The lowest BCUT2D eigenvalue weighted by Gasteiger charge is -2.15. The largest absolute Gasteiger partial charge is 0.311 e. The molecule has 1 aliphatic carbocycles. The molecule has 0 spiro atoms. The van der Waals surface area contributed by atoms with Crippen molar-refractivity contribution in [3.63, 3.8) is 0 Å². The third kappa shape index (κ3) is 3.31. The molecule has 1 aromatic heterocycles. The van der Waals surface area contributed by atoms with Crippen LogP contribution < -0.4 is 5.32 Å². The molecule has 1 aliphatic rings. The molecule has 1 heterocycles. The second kappa shape index (κ2) is 5.44. The Morgan fingerprint density at radius 3 is 3.00 bits per heavy atom. The molecule has 1 aromatic rings. The third-order valence-corrected chi connectivity index (χ3v) is 3.87. The maximum Gasteiger partial charge on any atom is 0.110 e. The van der Waals surface area contributed by atoms with E-state index < -0.39 is 0 Å². The predicted octanol–water partition coefficient (Wildman–Crippen LogP) is 1.80. The van der Waals surface area contributed by atoms with E-state index in [2.05, 4.69) is 23.3 Å². The maximum atomic E-state index is 8.70. The van der Waals surface area contributed by atoms with Crippen molar-refractivity contribution in [2.24, 2.45) is 0 Å². The average molecular weight is 235 g/mol. The molecule has 16 heavy (non-hydrogen) atoms. The number of thiophene rings is 1. The minimum atomic E-state index is 0.798. The first kappa shape index (κ1) is 11.6. The summed E-state index contributed by atoms with van der Waals surface area (Å²) in [4.78, 5) is 4.46. The molecule has 0 atom stereocenters. The molecule has 0 radical (unpaired) electrons. The fraction of sp³-hybridized carbons (Fsp3) is 0.583. The Bertz CT molecular complexity index is 376. The van der Waals surface area contributed by atoms with Gasteiger partial charge in [-0.05, 0) is 32.0 Å². The van der Waals surface area contributed by atoms with Crippen molar-refractivity contribution in [1.29, 1.82) is 5.26 Å². The van der Waals surface area contributed by atoms with Gasteiger partial charge in [-0.1, -0.05) is 0 Å². The lowest BCUT2D eigenvalue weighted by atomic mass is 10.4. The van der Waals surface area contributed by atoms with E-state index in [0.717, 1.165) is 30.6 Å². The lowest BCUT2D eigenvalue weighted by Crippen LogP contribution is -2.30. The molecule has 3 nitrogen and oxygen atoms in total. The summed E-state index contributed by atoms with van der Waals surface area (Å²) in [6.45, 7) is 3.01. The maximum absolute atomic E-state index is 8.70. The first-order chi connectivity index (χ1) is 7.79. The van der Waals surface area contributed by atoms with Crippen molar-refractivity contribution in [2.75, 3.05) is 20.1 Å². The summed E-state index contributed by atoms with van der Waals surface area (Å²) in [5, 5.41) is 12.1. The van der Waals surface area contributed by atoms with Crippen LogP contribution in [0.4, 0.5) is 0 Å². The molecule has 0 saturated heterocycles. The van der Waals surface area contributed by atoms with E-state index in [1.807, 2.05) is 12.1 Å². The smallest absolute Gasteiger partial charge is 0.110 e. The van der Waals surface area contributed by atoms with Crippen LogP contribution in [-0.4, -0.2) is 31.1 Å². The first-order valence-electron chi connectivity index (χ1n) is 5.69. The van der Waals surface area contributed by atoms with Crippen LogP contribution >= 0.6 is 11.3 Å². The quantitative estimate of drug-likeness (QED) is 0.764. The molecule has 0 amide bonds. The number of hydrogen-bond acceptors (Lipinski definition) is 4. The summed E-state index contributed by atoms with van der Waals surface area (Å²) < 4.78 is 0. The van der Waals surface area contributed by atoms with Gasteiger partial charge in [0, 0.05) is 30.6 Å². The van der Waals surface area contributed by atoms with Crippen molar-refractivity contribution in [1.82, 2.24) is 10.2 Å². The molecule has 0 aromatic carbocycles. The zero-order valence-corrected chi connectivity index (χ0v) is 10.4. The van der Waals surface area contributed by atoms with E-state index in [1.165, 1.54) is 17.7 Å². The molecule has 0 unspecified atom stereocenters. The van der Waals surface area contributed by atoms with Crippen LogP contribution in [0.15, 0.2) is 12.1 Å². The summed E-state index contributed by atoms with van der Waals surface area (Å²) in [5.74, 6) is 0. The molecule has 0 aliphatic heterocycles. The molecule has 0 bridgehead atoms. The summed E-state index contributed by atoms with van der Waals surface area (Å²) in [6.07, 6.45) is 2.74. The van der Waals surface area contributed by atoms with E-state index in [0.29, 0.717) is 0 Å². The van der Waals surface area contributed by atoms with Gasteiger partial charge in [-0.3, -0.25) is 0 Å². The highest BCUT2D eigenvalue weighted by Gasteiger charge is 2.25. The van der Waals surface area contributed by atoms with Crippen LogP contribution in [0.1, 0.15) is 22.6 Å². The van der Waals surface area contributed by atoms with Crippen LogP contribution in [0.25, 0.3) is 0 Å². The standard InChI is InChI=1S/C12H17N3S/c1-15(10-2-3-10)7-6-14-9-12-5-4-11(8-13)16-12/h4-5,10,14H,2-3,6-7,9H2,1H3. The molecular formula is C12H17N3S. The third-order valence-electron chi connectivity index (χ3n) is 2.88. The minimum Gasteiger partial charge on any atom is -0.311 e. The number of likely N-dealkylation sites (N-methyl/N-ethyl adjacent to an activating group) is 1. The number of rotatable bonds is 6. The van der Waals surface area contributed by atoms with Gasteiger partial charge in [-0.25, -0.2) is 0 Å². The zero-order chi connectivity index (χ0) is 11.4. The normalized spacial score (nSPS) is 15.3. The van der Waals surface area contributed by atoms with Crippen LogP contribution in [0.5, 0.6) is 0 Å². The topological polar surface area (TPSA) is 39.1 Å². The Hall–Kier alpha value is -0.890. The molecule has 1 fully saturated rings. The summed E-state index contributed by atoms with van der Waals surface area (Å²) >= 11 is 1.57. The van der Waals surface area contributed by atoms with E-state index in [1.54, 1.807) is 11.3 Å². The molecule has 86 valence electrons. The van der Waals surface area contributed by atoms with Crippen molar-refractivity contribution in [3.8, 4) is 6.07 Å². The van der Waals surface area contributed by atoms with Crippen LogP contribution in [0, 0.1) is 11.3 Å². The molecule has 2 rings (SSSR count). The Kier molecular flexibility index (Phi) is 3.94. The van der Waals surface area contributed by atoms with Gasteiger partial charge in [0.15, 0.2) is 0 Å². The summed E-state index contributed by atoms with van der Waals surface area (Å²) in [7, 11) is 2.19. The van der Waals surface area contributed by atoms with Gasteiger partial charge in [-0.2, -0.15) is 5.26 Å². The van der Waals surface area contributed by atoms with Gasteiger partial charge >= 0.3 is 0 Å². The highest BCUT2D eigenvalue weighted by atomic mass is 32.1. The van der Waals surface area contributed by atoms with Crippen LogP contribution in [0.2, 0.25) is 0 Å². The Morgan fingerprint density at radius 2 is 2.38 bits per heavy atom. The number of nitrogens with zero attached hydrogens (tertiary/aromatic N) is 2. The van der Waals surface area contributed by atoms with Crippen LogP contribution in [0.3, 0.4) is 0 Å². The number of nitrogens with one attached hydrogen (secondary N) is 1. The summed E-state index contributed by atoms with van der Waals surface area (Å²) in [5.41, 5.74) is 0. The van der Waals surface area contributed by atoms with Gasteiger partial charge in [0.2, 0.25) is 0 Å². The van der Waals surface area contributed by atoms with Gasteiger partial charge in [0.05, 0.1) is 0 Å². The summed E-state index contributed by atoms with van der Waals surface area (Å²) in [6, 6.07) is 6.92. The molecule has 1 N–H and O–H groups in total. The minimum absolute atomic E-state index is 0.798. The first-order valence-corrected chi connectivity index (χ1v) is 6.51. The number of hydrogen-bond donors (Lipinski definition) is 1. The van der Waals surface area contributed by atoms with Crippen molar-refractivity contribution in [2.45, 2.75) is 25.4 Å². The number of nitriles is 1. The van der Waals surface area contributed by atoms with Gasteiger partial charge < -0.3 is 10.2 Å². The SMILES string of the molecule is CN(CCNCc1ccc(C#N)s1)C1CC1. The van der Waals surface area contributed by atoms with Gasteiger partial charge in [0.25, 0.3) is 0 Å². The zero-order valence-electron chi connectivity index (χ0n) is 9.57. The fourth-order valence-electron chi connectivity index (χ4n) is 1.70. The monoisotopic (exact) mass is 235 g/mol. The van der Waals surface area contributed by atoms with E-state index in [4.69, 9.17) is 5.26 Å². The van der Waals surface area contributed by atoms with Gasteiger partial charge in [0.1, 0.15) is 10.9 Å². The predicted molar refractivity (Wildman–Crippen MR) is 66.4 cm³/mol. The van der Waals surface area contributed by atoms with Gasteiger partial charge in [-0.15, -0.1) is 11.3 Å². The average Bonchev–Trinajstić information content (AvgIpc) is 3.04. The Morgan fingerprint density at radius 1 is 1.56 bits per heavy atom. The van der Waals surface area contributed by atoms with Crippen molar-refractivity contribution in [3.05, 3.63) is 21.9 Å². The van der Waals surface area contributed by atoms with E-state index >= 15 is 0 Å². The fourth-order valence-corrected chi connectivity index (χ4v) is 2.47. The second-order valence-corrected chi connectivity index (χ2v) is 5.43. The Labute approximate surface area is 101 Å². The van der Waals surface area contributed by atoms with E-state index in [9.17, 15) is 0 Å². The van der Waals surface area contributed by atoms with Crippen molar-refractivity contribution < 1.29 is 0 Å². The highest BCUT2D eigenvalue weighted by Crippen LogP contribution is 2.24. The molecule has 1 saturated carbocycles. The molecule has 4 heteroatoms. The second-order valence-electron chi connectivity index (χ2n) is 4.27.